The molecule has 2 heterocycles. The lowest BCUT2D eigenvalue weighted by molar-refractivity contribution is -0.00550. The molecule has 0 aliphatic carbocycles. The van der Waals surface area contributed by atoms with E-state index in [9.17, 15) is 0 Å². The molecule has 1 aliphatic heterocycles. The van der Waals surface area contributed by atoms with Crippen LogP contribution in [0.4, 0.5) is 5.82 Å². The molecule has 1 saturated heterocycles. The molecule has 2 unspecified atom stereocenters. The van der Waals surface area contributed by atoms with Crippen LogP contribution < -0.4 is 10.2 Å². The smallest absolute Gasteiger partial charge is 0.151 e. The van der Waals surface area contributed by atoms with Gasteiger partial charge in [0.1, 0.15) is 0 Å². The number of hydrogen-bond acceptors (Lipinski definition) is 5. The fourth-order valence-corrected chi connectivity index (χ4v) is 2.29. The average molecular weight is 264 g/mol. The summed E-state index contributed by atoms with van der Waals surface area (Å²) in [5, 5.41) is 11.9. The molecule has 0 amide bonds. The lowest BCUT2D eigenvalue weighted by atomic mass is 10.2. The van der Waals surface area contributed by atoms with Crippen molar-refractivity contribution in [1.29, 1.82) is 0 Å². The van der Waals surface area contributed by atoms with Crippen LogP contribution in [0.25, 0.3) is 0 Å². The molecule has 2 rings (SSSR count). The molecule has 1 fully saturated rings. The third kappa shape index (κ3) is 4.14. The van der Waals surface area contributed by atoms with Gasteiger partial charge in [-0.25, -0.2) is 0 Å². The van der Waals surface area contributed by atoms with Gasteiger partial charge >= 0.3 is 0 Å². The zero-order valence-corrected chi connectivity index (χ0v) is 12.3. The molecule has 2 atom stereocenters. The Morgan fingerprint density at radius 1 is 1.26 bits per heavy atom. The number of nitrogens with one attached hydrogen (secondary N) is 1. The average Bonchev–Trinajstić information content (AvgIpc) is 2.36. The molecular weight excluding hydrogens is 240 g/mol. The summed E-state index contributed by atoms with van der Waals surface area (Å²) < 4.78 is 5.73. The molecule has 5 nitrogen and oxygen atoms in total. The van der Waals surface area contributed by atoms with Gasteiger partial charge in [0.25, 0.3) is 0 Å². The number of hydrogen-bond donors (Lipinski definition) is 1. The summed E-state index contributed by atoms with van der Waals surface area (Å²) in [6.45, 7) is 11.0. The van der Waals surface area contributed by atoms with Gasteiger partial charge in [-0.05, 0) is 26.0 Å². The van der Waals surface area contributed by atoms with Crippen molar-refractivity contribution < 1.29 is 4.74 Å². The van der Waals surface area contributed by atoms with Crippen molar-refractivity contribution >= 4 is 5.82 Å². The van der Waals surface area contributed by atoms with Crippen LogP contribution in [0, 0.1) is 0 Å². The molecule has 0 spiro atoms. The number of ether oxygens (including phenoxy) is 1. The number of rotatable bonds is 4. The quantitative estimate of drug-likeness (QED) is 0.895. The highest BCUT2D eigenvalue weighted by Gasteiger charge is 2.23. The van der Waals surface area contributed by atoms with Gasteiger partial charge in [0, 0.05) is 25.7 Å². The first-order chi connectivity index (χ1) is 9.04. The molecule has 1 aromatic heterocycles. The minimum Gasteiger partial charge on any atom is -0.372 e. The SMILES string of the molecule is CC(C)NCc1ccc(N2CC(C)OC(C)C2)nn1. The van der Waals surface area contributed by atoms with E-state index in [1.54, 1.807) is 0 Å². The van der Waals surface area contributed by atoms with Crippen molar-refractivity contribution in [1.82, 2.24) is 15.5 Å². The number of nitrogens with zero attached hydrogens (tertiary/aromatic N) is 3. The normalized spacial score (nSPS) is 23.9. The maximum atomic E-state index is 5.73. The number of aromatic nitrogens is 2. The molecule has 19 heavy (non-hydrogen) atoms. The molecule has 1 N–H and O–H groups in total. The maximum absolute atomic E-state index is 5.73. The molecule has 5 heteroatoms. The molecule has 106 valence electrons. The highest BCUT2D eigenvalue weighted by Crippen LogP contribution is 2.17. The maximum Gasteiger partial charge on any atom is 0.151 e. The van der Waals surface area contributed by atoms with Crippen molar-refractivity contribution in [2.75, 3.05) is 18.0 Å². The first kappa shape index (κ1) is 14.2. The molecule has 0 saturated carbocycles. The molecule has 0 aromatic carbocycles. The third-order valence-electron chi connectivity index (χ3n) is 3.14. The summed E-state index contributed by atoms with van der Waals surface area (Å²) >= 11 is 0. The van der Waals surface area contributed by atoms with E-state index in [2.05, 4.69) is 54.2 Å². The Kier molecular flexibility index (Phi) is 4.71. The van der Waals surface area contributed by atoms with Crippen LogP contribution >= 0.6 is 0 Å². The minimum absolute atomic E-state index is 0.243. The van der Waals surface area contributed by atoms with Gasteiger partial charge in [0.2, 0.25) is 0 Å². The van der Waals surface area contributed by atoms with E-state index < -0.39 is 0 Å². The Morgan fingerprint density at radius 3 is 2.47 bits per heavy atom. The monoisotopic (exact) mass is 264 g/mol. The van der Waals surface area contributed by atoms with E-state index in [0.717, 1.165) is 31.1 Å². The van der Waals surface area contributed by atoms with Gasteiger partial charge in [0.15, 0.2) is 5.82 Å². The Labute approximate surface area is 115 Å². The zero-order chi connectivity index (χ0) is 13.8. The number of anilines is 1. The molecule has 0 bridgehead atoms. The van der Waals surface area contributed by atoms with Gasteiger partial charge in [-0.3, -0.25) is 0 Å². The summed E-state index contributed by atoms with van der Waals surface area (Å²) in [5.74, 6) is 0.940. The van der Waals surface area contributed by atoms with E-state index in [-0.39, 0.29) is 12.2 Å². The highest BCUT2D eigenvalue weighted by atomic mass is 16.5. The minimum atomic E-state index is 0.243. The Balaban J connectivity index is 1.97. The lowest BCUT2D eigenvalue weighted by Crippen LogP contribution is -2.45. The van der Waals surface area contributed by atoms with E-state index in [4.69, 9.17) is 4.74 Å². The summed E-state index contributed by atoms with van der Waals surface area (Å²) in [6, 6.07) is 4.56. The Hall–Kier alpha value is -1.20. The van der Waals surface area contributed by atoms with Gasteiger partial charge in [-0.15, -0.1) is 5.10 Å². The van der Waals surface area contributed by atoms with Crippen LogP contribution in [0.1, 0.15) is 33.4 Å². The van der Waals surface area contributed by atoms with E-state index in [1.807, 2.05) is 6.07 Å². The van der Waals surface area contributed by atoms with Crippen LogP contribution in [-0.4, -0.2) is 41.5 Å². The first-order valence-electron chi connectivity index (χ1n) is 7.01. The lowest BCUT2D eigenvalue weighted by Gasteiger charge is -2.35. The molecular formula is C14H24N4O. The van der Waals surface area contributed by atoms with Gasteiger partial charge < -0.3 is 15.0 Å². The summed E-state index contributed by atoms with van der Waals surface area (Å²) in [6.07, 6.45) is 0.487. The first-order valence-corrected chi connectivity index (χ1v) is 7.01. The second-order valence-electron chi connectivity index (χ2n) is 5.58. The summed E-state index contributed by atoms with van der Waals surface area (Å²) in [7, 11) is 0. The Bertz CT molecular complexity index is 383. The molecule has 0 radical (unpaired) electrons. The number of morpholine rings is 1. The largest absolute Gasteiger partial charge is 0.372 e. The van der Waals surface area contributed by atoms with Gasteiger partial charge in [0.05, 0.1) is 17.9 Å². The second kappa shape index (κ2) is 6.30. The standard InChI is InChI=1S/C14H24N4O/c1-10(2)15-7-13-5-6-14(17-16-13)18-8-11(3)19-12(4)9-18/h5-6,10-12,15H,7-9H2,1-4H3. The zero-order valence-electron chi connectivity index (χ0n) is 12.3. The summed E-state index contributed by atoms with van der Waals surface area (Å²) in [5.41, 5.74) is 0.979. The van der Waals surface area contributed by atoms with Crippen molar-refractivity contribution in [3.8, 4) is 0 Å². The fourth-order valence-electron chi connectivity index (χ4n) is 2.29. The van der Waals surface area contributed by atoms with Crippen molar-refractivity contribution in [2.24, 2.45) is 0 Å². The van der Waals surface area contributed by atoms with Gasteiger partial charge in [-0.2, -0.15) is 5.10 Å². The van der Waals surface area contributed by atoms with Crippen LogP contribution in [-0.2, 0) is 11.3 Å². The summed E-state index contributed by atoms with van der Waals surface area (Å²) in [4.78, 5) is 2.24. The second-order valence-corrected chi connectivity index (χ2v) is 5.58. The van der Waals surface area contributed by atoms with Crippen LogP contribution in [0.15, 0.2) is 12.1 Å². The highest BCUT2D eigenvalue weighted by molar-refractivity contribution is 5.38. The molecule has 1 aromatic rings. The van der Waals surface area contributed by atoms with Crippen LogP contribution in [0.2, 0.25) is 0 Å². The fraction of sp³-hybridized carbons (Fsp3) is 0.714. The molecule has 1 aliphatic rings. The van der Waals surface area contributed by atoms with Gasteiger partial charge in [-0.1, -0.05) is 13.8 Å². The van der Waals surface area contributed by atoms with Crippen molar-refractivity contribution in [2.45, 2.75) is 52.5 Å². The van der Waals surface area contributed by atoms with Crippen molar-refractivity contribution in [3.05, 3.63) is 17.8 Å². The third-order valence-corrected chi connectivity index (χ3v) is 3.14. The van der Waals surface area contributed by atoms with E-state index >= 15 is 0 Å². The van der Waals surface area contributed by atoms with Crippen molar-refractivity contribution in [3.63, 3.8) is 0 Å². The van der Waals surface area contributed by atoms with E-state index in [0.29, 0.717) is 6.04 Å². The van der Waals surface area contributed by atoms with Crippen LogP contribution in [0.3, 0.4) is 0 Å². The predicted molar refractivity (Wildman–Crippen MR) is 76.2 cm³/mol. The Morgan fingerprint density at radius 2 is 1.95 bits per heavy atom. The topological polar surface area (TPSA) is 50.3 Å². The predicted octanol–water partition coefficient (Wildman–Crippen LogP) is 1.59. The van der Waals surface area contributed by atoms with E-state index in [1.165, 1.54) is 0 Å². The van der Waals surface area contributed by atoms with Crippen LogP contribution in [0.5, 0.6) is 0 Å².